The van der Waals surface area contributed by atoms with Gasteiger partial charge >= 0.3 is 0 Å². The largest absolute Gasteiger partial charge is 0.365 e. The smallest absolute Gasteiger partial charge is 0.251 e. The third kappa shape index (κ3) is 5.50. The summed E-state index contributed by atoms with van der Waals surface area (Å²) >= 11 is 6.00. The van der Waals surface area contributed by atoms with Crippen LogP contribution in [0.5, 0.6) is 0 Å². The summed E-state index contributed by atoms with van der Waals surface area (Å²) in [6, 6.07) is 7.46. The molecule has 1 aromatic heterocycles. The molecule has 0 spiro atoms. The zero-order valence-electron chi connectivity index (χ0n) is 13.2. The fraction of sp³-hybridized carbons (Fsp3) is 0.312. The molecular weight excluding hydrogens is 314 g/mol. The Balaban J connectivity index is 1.94. The third-order valence-corrected chi connectivity index (χ3v) is 3.44. The van der Waals surface area contributed by atoms with Gasteiger partial charge in [-0.15, -0.1) is 0 Å². The molecule has 0 aliphatic carbocycles. The van der Waals surface area contributed by atoms with Crippen molar-refractivity contribution in [1.29, 1.82) is 0 Å². The first-order chi connectivity index (χ1) is 11.1. The van der Waals surface area contributed by atoms with E-state index in [9.17, 15) is 4.79 Å². The van der Waals surface area contributed by atoms with E-state index in [-0.39, 0.29) is 5.91 Å². The number of hydrogen-bond donors (Lipinski definition) is 2. The summed E-state index contributed by atoms with van der Waals surface area (Å²) in [7, 11) is 3.94. The lowest BCUT2D eigenvalue weighted by Gasteiger charge is -2.11. The van der Waals surface area contributed by atoms with Gasteiger partial charge in [0, 0.05) is 25.2 Å². The quantitative estimate of drug-likeness (QED) is 0.811. The first kappa shape index (κ1) is 17.2. The summed E-state index contributed by atoms with van der Waals surface area (Å²) in [5.74, 6) is 0.497. The Bertz CT molecular complexity index is 662. The highest BCUT2D eigenvalue weighted by atomic mass is 35.5. The van der Waals surface area contributed by atoms with Gasteiger partial charge in [-0.25, -0.2) is 9.97 Å². The van der Waals surface area contributed by atoms with Gasteiger partial charge in [0.1, 0.15) is 17.2 Å². The van der Waals surface area contributed by atoms with E-state index in [4.69, 9.17) is 11.6 Å². The van der Waals surface area contributed by atoms with Crippen LogP contribution in [0, 0.1) is 0 Å². The highest BCUT2D eigenvalue weighted by Crippen LogP contribution is 2.17. The van der Waals surface area contributed by atoms with Crippen LogP contribution in [0.15, 0.2) is 36.8 Å². The first-order valence-electron chi connectivity index (χ1n) is 7.27. The molecule has 122 valence electrons. The summed E-state index contributed by atoms with van der Waals surface area (Å²) < 4.78 is 0. The van der Waals surface area contributed by atoms with Crippen LogP contribution < -0.4 is 10.6 Å². The van der Waals surface area contributed by atoms with Crippen molar-refractivity contribution >= 4 is 23.3 Å². The molecule has 1 aromatic carbocycles. The molecule has 6 nitrogen and oxygen atoms in total. The maximum absolute atomic E-state index is 12.1. The lowest BCUT2D eigenvalue weighted by molar-refractivity contribution is 0.0951. The fourth-order valence-corrected chi connectivity index (χ4v) is 2.12. The van der Waals surface area contributed by atoms with E-state index in [0.717, 1.165) is 12.1 Å². The maximum Gasteiger partial charge on any atom is 0.251 e. The molecule has 0 aliphatic heterocycles. The SMILES string of the molecule is CN(C)CCNC(=O)c1cccc(CNc2ncncc2Cl)c1. The van der Waals surface area contributed by atoms with Crippen molar-refractivity contribution in [3.63, 3.8) is 0 Å². The van der Waals surface area contributed by atoms with Crippen molar-refractivity contribution in [3.05, 3.63) is 52.9 Å². The predicted octanol–water partition coefficient (Wildman–Crippen LogP) is 2.03. The van der Waals surface area contributed by atoms with Gasteiger partial charge in [0.2, 0.25) is 0 Å². The summed E-state index contributed by atoms with van der Waals surface area (Å²) in [5, 5.41) is 6.49. The molecule has 0 unspecified atom stereocenters. The van der Waals surface area contributed by atoms with E-state index in [1.54, 1.807) is 6.07 Å². The van der Waals surface area contributed by atoms with E-state index < -0.39 is 0 Å². The molecule has 0 fully saturated rings. The van der Waals surface area contributed by atoms with Gasteiger partial charge in [-0.3, -0.25) is 4.79 Å². The van der Waals surface area contributed by atoms with E-state index >= 15 is 0 Å². The Labute approximate surface area is 140 Å². The zero-order valence-corrected chi connectivity index (χ0v) is 14.0. The number of halogens is 1. The summed E-state index contributed by atoms with van der Waals surface area (Å²) in [6.07, 6.45) is 2.97. The number of hydrogen-bond acceptors (Lipinski definition) is 5. The Hall–Kier alpha value is -2.18. The first-order valence-corrected chi connectivity index (χ1v) is 7.65. The normalized spacial score (nSPS) is 10.6. The van der Waals surface area contributed by atoms with Crippen LogP contribution in [0.1, 0.15) is 15.9 Å². The van der Waals surface area contributed by atoms with Gasteiger partial charge in [0.05, 0.1) is 6.20 Å². The van der Waals surface area contributed by atoms with Gasteiger partial charge < -0.3 is 15.5 Å². The van der Waals surface area contributed by atoms with E-state index in [1.165, 1.54) is 12.5 Å². The lowest BCUT2D eigenvalue weighted by atomic mass is 10.1. The molecule has 2 rings (SSSR count). The van der Waals surface area contributed by atoms with Crippen LogP contribution in [-0.4, -0.2) is 48.0 Å². The van der Waals surface area contributed by atoms with Crippen molar-refractivity contribution in [2.24, 2.45) is 0 Å². The van der Waals surface area contributed by atoms with E-state index in [2.05, 4.69) is 20.6 Å². The number of aromatic nitrogens is 2. The minimum Gasteiger partial charge on any atom is -0.365 e. The highest BCUT2D eigenvalue weighted by molar-refractivity contribution is 6.32. The number of likely N-dealkylation sites (N-methyl/N-ethyl adjacent to an activating group) is 1. The highest BCUT2D eigenvalue weighted by Gasteiger charge is 2.06. The number of amides is 1. The minimum atomic E-state index is -0.0752. The Morgan fingerprint density at radius 2 is 2.17 bits per heavy atom. The second kappa shape index (κ2) is 8.45. The average molecular weight is 334 g/mol. The Morgan fingerprint density at radius 3 is 2.91 bits per heavy atom. The monoisotopic (exact) mass is 333 g/mol. The van der Waals surface area contributed by atoms with Crippen LogP contribution in [0.2, 0.25) is 5.02 Å². The van der Waals surface area contributed by atoms with Crippen LogP contribution >= 0.6 is 11.6 Å². The standard InChI is InChI=1S/C16H20ClN5O/c1-22(2)7-6-19-16(23)13-5-3-4-12(8-13)9-20-15-14(17)10-18-11-21-15/h3-5,8,10-11H,6-7,9H2,1-2H3,(H,19,23)(H,18,20,21). The van der Waals surface area contributed by atoms with E-state index in [1.807, 2.05) is 37.2 Å². The number of anilines is 1. The van der Waals surface area contributed by atoms with Gasteiger partial charge in [0.15, 0.2) is 0 Å². The van der Waals surface area contributed by atoms with Gasteiger partial charge in [0.25, 0.3) is 5.91 Å². The Kier molecular flexibility index (Phi) is 6.31. The molecule has 0 bridgehead atoms. The van der Waals surface area contributed by atoms with Crippen LogP contribution in [0.25, 0.3) is 0 Å². The molecule has 0 aliphatic rings. The fourth-order valence-electron chi connectivity index (χ4n) is 1.95. The lowest BCUT2D eigenvalue weighted by Crippen LogP contribution is -2.31. The molecule has 2 N–H and O–H groups in total. The van der Waals surface area contributed by atoms with Gasteiger partial charge in [-0.05, 0) is 31.8 Å². The molecule has 2 aromatic rings. The van der Waals surface area contributed by atoms with Gasteiger partial charge in [-0.2, -0.15) is 0 Å². The van der Waals surface area contributed by atoms with Crippen LogP contribution in [0.3, 0.4) is 0 Å². The predicted molar refractivity (Wildman–Crippen MR) is 91.7 cm³/mol. The second-order valence-electron chi connectivity index (χ2n) is 5.33. The number of benzene rings is 1. The molecule has 1 amide bonds. The summed E-state index contributed by atoms with van der Waals surface area (Å²) in [4.78, 5) is 22.0. The molecule has 23 heavy (non-hydrogen) atoms. The molecule has 0 radical (unpaired) electrons. The molecular formula is C16H20ClN5O. The number of carbonyl (C=O) groups excluding carboxylic acids is 1. The molecule has 0 atom stereocenters. The van der Waals surface area contributed by atoms with Crippen molar-refractivity contribution in [1.82, 2.24) is 20.2 Å². The van der Waals surface area contributed by atoms with Crippen LogP contribution in [-0.2, 0) is 6.54 Å². The van der Waals surface area contributed by atoms with Crippen molar-refractivity contribution < 1.29 is 4.79 Å². The topological polar surface area (TPSA) is 70.2 Å². The molecule has 1 heterocycles. The number of carbonyl (C=O) groups is 1. The molecule has 0 saturated heterocycles. The second-order valence-corrected chi connectivity index (χ2v) is 5.74. The number of rotatable bonds is 7. The summed E-state index contributed by atoms with van der Waals surface area (Å²) in [6.45, 7) is 1.94. The number of nitrogens with zero attached hydrogens (tertiary/aromatic N) is 3. The molecule has 0 saturated carbocycles. The molecule has 7 heteroatoms. The van der Waals surface area contributed by atoms with Crippen molar-refractivity contribution in [2.75, 3.05) is 32.5 Å². The van der Waals surface area contributed by atoms with Crippen molar-refractivity contribution in [3.8, 4) is 0 Å². The number of nitrogens with one attached hydrogen (secondary N) is 2. The van der Waals surface area contributed by atoms with Crippen molar-refractivity contribution in [2.45, 2.75) is 6.54 Å². The maximum atomic E-state index is 12.1. The minimum absolute atomic E-state index is 0.0752. The van der Waals surface area contributed by atoms with Gasteiger partial charge in [-0.1, -0.05) is 23.7 Å². The zero-order chi connectivity index (χ0) is 16.7. The third-order valence-electron chi connectivity index (χ3n) is 3.16. The summed E-state index contributed by atoms with van der Waals surface area (Å²) in [5.41, 5.74) is 1.61. The van der Waals surface area contributed by atoms with E-state index in [0.29, 0.717) is 29.5 Å². The Morgan fingerprint density at radius 1 is 1.35 bits per heavy atom. The van der Waals surface area contributed by atoms with Crippen LogP contribution in [0.4, 0.5) is 5.82 Å². The average Bonchev–Trinajstić information content (AvgIpc) is 2.54.